The lowest BCUT2D eigenvalue weighted by atomic mass is 9.90. The highest BCUT2D eigenvalue weighted by Gasteiger charge is 2.44. The van der Waals surface area contributed by atoms with Gasteiger partial charge >= 0.3 is 12.3 Å². The number of aliphatic hydroxyl groups is 3. The minimum atomic E-state index is -4.56. The number of halogens is 4. The maximum Gasteiger partial charge on any atom is 0.411 e. The van der Waals surface area contributed by atoms with E-state index in [-0.39, 0.29) is 0 Å². The molecule has 1 aliphatic rings. The number of hydrogen-bond acceptors (Lipinski definition) is 8. The summed E-state index contributed by atoms with van der Waals surface area (Å²) >= 11 is 6.43. The van der Waals surface area contributed by atoms with Gasteiger partial charge in [0.25, 0.3) is 0 Å². The van der Waals surface area contributed by atoms with Crippen LogP contribution < -0.4 is 10.1 Å². The zero-order valence-corrected chi connectivity index (χ0v) is 25.0. The first-order chi connectivity index (χ1) is 20.1. The molecule has 0 unspecified atom stereocenters. The Kier molecular flexibility index (Phi) is 12.5. The molecular formula is C30H39ClF3NO8. The number of unbranched alkanes of at least 4 members (excludes halogenated alkanes) is 1. The van der Waals surface area contributed by atoms with Crippen LogP contribution in [0.1, 0.15) is 56.4 Å². The second kappa shape index (κ2) is 15.4. The Balaban J connectivity index is 1.53. The van der Waals surface area contributed by atoms with Gasteiger partial charge in [-0.25, -0.2) is 4.79 Å². The zero-order chi connectivity index (χ0) is 31.8. The maximum atomic E-state index is 12.5. The molecule has 0 bridgehead atoms. The molecule has 2 aromatic rings. The van der Waals surface area contributed by atoms with Crippen molar-refractivity contribution in [2.45, 2.75) is 82.3 Å². The van der Waals surface area contributed by atoms with Gasteiger partial charge < -0.3 is 39.6 Å². The number of aliphatic hydroxyl groups excluding tert-OH is 3. The molecule has 0 spiro atoms. The second-order valence-electron chi connectivity index (χ2n) is 11.4. The van der Waals surface area contributed by atoms with Gasteiger partial charge in [-0.05, 0) is 74.9 Å². The lowest BCUT2D eigenvalue weighted by Crippen LogP contribution is -2.55. The van der Waals surface area contributed by atoms with Crippen LogP contribution in [0.15, 0.2) is 42.5 Å². The molecule has 1 heterocycles. The number of benzene rings is 2. The molecule has 9 nitrogen and oxygen atoms in total. The molecule has 1 fully saturated rings. The number of ether oxygens (including phenoxy) is 4. The molecule has 5 atom stereocenters. The number of alkyl carbamates (subject to hydrolysis) is 1. The van der Waals surface area contributed by atoms with E-state index in [1.54, 1.807) is 39.0 Å². The lowest BCUT2D eigenvalue weighted by molar-refractivity contribution is -0.244. The van der Waals surface area contributed by atoms with Crippen LogP contribution in [0.25, 0.3) is 0 Å². The van der Waals surface area contributed by atoms with Crippen molar-refractivity contribution >= 4 is 17.7 Å². The van der Waals surface area contributed by atoms with Crippen molar-refractivity contribution in [2.75, 3.05) is 26.4 Å². The van der Waals surface area contributed by atoms with E-state index >= 15 is 0 Å². The molecule has 43 heavy (non-hydrogen) atoms. The largest absolute Gasteiger partial charge is 0.494 e. The number of amides is 1. The van der Waals surface area contributed by atoms with Crippen LogP contribution in [0.4, 0.5) is 18.0 Å². The van der Waals surface area contributed by atoms with Crippen molar-refractivity contribution < 1.29 is 52.2 Å². The van der Waals surface area contributed by atoms with Crippen LogP contribution in [0.3, 0.4) is 0 Å². The Labute approximate surface area is 253 Å². The Hall–Kier alpha value is -2.61. The van der Waals surface area contributed by atoms with Gasteiger partial charge in [0, 0.05) is 11.6 Å². The van der Waals surface area contributed by atoms with E-state index in [9.17, 15) is 33.3 Å². The summed E-state index contributed by atoms with van der Waals surface area (Å²) in [4.78, 5) is 11.7. The van der Waals surface area contributed by atoms with Crippen molar-refractivity contribution in [1.82, 2.24) is 5.32 Å². The van der Waals surface area contributed by atoms with Crippen molar-refractivity contribution in [3.63, 3.8) is 0 Å². The van der Waals surface area contributed by atoms with E-state index in [1.165, 1.54) is 0 Å². The summed E-state index contributed by atoms with van der Waals surface area (Å²) in [6.45, 7) is 4.19. The van der Waals surface area contributed by atoms with Gasteiger partial charge in [0.15, 0.2) is 0 Å². The van der Waals surface area contributed by atoms with Gasteiger partial charge in [-0.15, -0.1) is 0 Å². The number of nitrogens with one attached hydrogen (secondary N) is 1. The smallest absolute Gasteiger partial charge is 0.411 e. The summed E-state index contributed by atoms with van der Waals surface area (Å²) in [6, 6.07) is 12.3. The average molecular weight is 634 g/mol. The third-order valence-electron chi connectivity index (χ3n) is 6.48. The molecule has 2 aromatic carbocycles. The molecule has 1 aliphatic heterocycles. The molecule has 4 N–H and O–H groups in total. The molecule has 3 rings (SSSR count). The first-order valence-corrected chi connectivity index (χ1v) is 14.3. The highest BCUT2D eigenvalue weighted by atomic mass is 35.5. The summed E-state index contributed by atoms with van der Waals surface area (Å²) in [6.07, 6.45) is -10.4. The standard InChI is InChI=1S/C30H39ClF3NO8/c1-29(2,3)43-28(39)35-12-4-5-13-41-21-9-6-18(7-10-21)14-20-15-19(8-11-22(20)31)27-26(38)25(37)24(36)23(42-27)16-40-17-30(32,33)34/h6-11,15,23-27,36-38H,4-5,12-14,16-17H2,1-3H3,(H,35,39)/t23-,24-,25+,26-,27+/m1/s1. The van der Waals surface area contributed by atoms with Gasteiger partial charge in [-0.1, -0.05) is 35.9 Å². The van der Waals surface area contributed by atoms with Crippen molar-refractivity contribution in [3.05, 3.63) is 64.2 Å². The average Bonchev–Trinajstić information content (AvgIpc) is 2.91. The maximum absolute atomic E-state index is 12.5. The fourth-order valence-electron chi connectivity index (χ4n) is 4.41. The molecule has 1 amide bonds. The van der Waals surface area contributed by atoms with Crippen LogP contribution in [-0.4, -0.2) is 84.0 Å². The monoisotopic (exact) mass is 633 g/mol. The van der Waals surface area contributed by atoms with Crippen molar-refractivity contribution in [2.24, 2.45) is 0 Å². The van der Waals surface area contributed by atoms with Gasteiger partial charge in [-0.2, -0.15) is 13.2 Å². The van der Waals surface area contributed by atoms with Gasteiger partial charge in [0.05, 0.1) is 13.2 Å². The fourth-order valence-corrected chi connectivity index (χ4v) is 4.59. The Morgan fingerprint density at radius 1 is 1.00 bits per heavy atom. The summed E-state index contributed by atoms with van der Waals surface area (Å²) in [5.41, 5.74) is 1.48. The third kappa shape index (κ3) is 11.4. The minimum Gasteiger partial charge on any atom is -0.494 e. The topological polar surface area (TPSA) is 127 Å². The van der Waals surface area contributed by atoms with E-state index in [0.717, 1.165) is 18.4 Å². The lowest BCUT2D eigenvalue weighted by Gasteiger charge is -2.41. The predicted molar refractivity (Wildman–Crippen MR) is 152 cm³/mol. The quantitative estimate of drug-likeness (QED) is 0.248. The highest BCUT2D eigenvalue weighted by Crippen LogP contribution is 2.35. The van der Waals surface area contributed by atoms with Crippen molar-refractivity contribution in [3.8, 4) is 5.75 Å². The Bertz CT molecular complexity index is 1180. The second-order valence-corrected chi connectivity index (χ2v) is 11.8. The number of hydrogen-bond donors (Lipinski definition) is 4. The van der Waals surface area contributed by atoms with Gasteiger partial charge in [0.1, 0.15) is 48.5 Å². The predicted octanol–water partition coefficient (Wildman–Crippen LogP) is 4.72. The van der Waals surface area contributed by atoms with Crippen LogP contribution in [0, 0.1) is 0 Å². The van der Waals surface area contributed by atoms with E-state index < -0.39 is 61.6 Å². The van der Waals surface area contributed by atoms with E-state index in [4.69, 9.17) is 25.8 Å². The van der Waals surface area contributed by atoms with Gasteiger partial charge in [0.2, 0.25) is 0 Å². The van der Waals surface area contributed by atoms with Crippen LogP contribution in [0.2, 0.25) is 5.02 Å². The van der Waals surface area contributed by atoms with Gasteiger partial charge in [-0.3, -0.25) is 0 Å². The van der Waals surface area contributed by atoms with Crippen molar-refractivity contribution in [1.29, 1.82) is 0 Å². The number of rotatable bonds is 12. The molecule has 240 valence electrons. The number of carbonyl (C=O) groups excluding carboxylic acids is 1. The highest BCUT2D eigenvalue weighted by molar-refractivity contribution is 6.31. The third-order valence-corrected chi connectivity index (χ3v) is 6.85. The summed E-state index contributed by atoms with van der Waals surface area (Å²) in [5.74, 6) is 0.675. The van der Waals surface area contributed by atoms with E-state index in [0.29, 0.717) is 41.5 Å². The van der Waals surface area contributed by atoms with Crippen LogP contribution >= 0.6 is 11.6 Å². The Morgan fingerprint density at radius 2 is 1.70 bits per heavy atom. The van der Waals surface area contributed by atoms with E-state index in [1.807, 2.05) is 24.3 Å². The number of alkyl halides is 3. The minimum absolute atomic E-state index is 0.412. The van der Waals surface area contributed by atoms with E-state index in [2.05, 4.69) is 10.1 Å². The van der Waals surface area contributed by atoms with Crippen LogP contribution in [0.5, 0.6) is 5.75 Å². The molecule has 0 saturated carbocycles. The SMILES string of the molecule is CC(C)(C)OC(=O)NCCCCOc1ccc(Cc2cc([C@@H]3O[C@H](COCC(F)(F)F)[C@@H](O)[C@H](O)[C@H]3O)ccc2Cl)cc1. The zero-order valence-electron chi connectivity index (χ0n) is 24.3. The molecule has 0 aliphatic carbocycles. The first-order valence-electron chi connectivity index (χ1n) is 13.9. The molecular weight excluding hydrogens is 595 g/mol. The molecule has 0 radical (unpaired) electrons. The fraction of sp³-hybridized carbons (Fsp3) is 0.567. The first kappa shape index (κ1) is 34.9. The Morgan fingerprint density at radius 3 is 2.35 bits per heavy atom. The molecule has 1 saturated heterocycles. The molecule has 0 aromatic heterocycles. The number of carbonyl (C=O) groups is 1. The summed E-state index contributed by atoms with van der Waals surface area (Å²) < 4.78 is 58.7. The van der Waals surface area contributed by atoms with Crippen LogP contribution in [-0.2, 0) is 20.6 Å². The normalized spacial score (nSPS) is 22.7. The molecule has 13 heteroatoms. The summed E-state index contributed by atoms with van der Waals surface area (Å²) in [7, 11) is 0. The summed E-state index contributed by atoms with van der Waals surface area (Å²) in [5, 5.41) is 34.3.